The molecule has 0 radical (unpaired) electrons. The van der Waals surface area contributed by atoms with Gasteiger partial charge in [0.2, 0.25) is 0 Å². The van der Waals surface area contributed by atoms with E-state index in [2.05, 4.69) is 0 Å². The Labute approximate surface area is 138 Å². The minimum absolute atomic E-state index is 0.00474. The van der Waals surface area contributed by atoms with Gasteiger partial charge in [-0.3, -0.25) is 9.11 Å². The number of hydrogen-bond acceptors (Lipinski definition) is 6. The minimum atomic E-state index is -4.48. The standard InChI is InChI=1S/C14H14O8S2/c15-13(9-3-1-5-11(7-9)23(17,18)19)14(16)10-4-2-6-12(8-10)24(20,21)22/h1-8,13-16H,(H,17,18,19)(H,20,21,22). The fraction of sp³-hybridized carbons (Fsp3) is 0.143. The molecule has 0 fully saturated rings. The van der Waals surface area contributed by atoms with Crippen LogP contribution in [0.3, 0.4) is 0 Å². The lowest BCUT2D eigenvalue weighted by atomic mass is 9.98. The molecule has 0 saturated carbocycles. The molecule has 0 aliphatic heterocycles. The zero-order chi connectivity index (χ0) is 18.1. The monoisotopic (exact) mass is 374 g/mol. The van der Waals surface area contributed by atoms with Gasteiger partial charge in [0, 0.05) is 0 Å². The summed E-state index contributed by atoms with van der Waals surface area (Å²) in [6, 6.07) is 9.37. The molecule has 0 aliphatic carbocycles. The fourth-order valence-electron chi connectivity index (χ4n) is 2.08. The molecule has 0 bridgehead atoms. The zero-order valence-electron chi connectivity index (χ0n) is 12.0. The number of aliphatic hydroxyl groups is 2. The van der Waals surface area contributed by atoms with Gasteiger partial charge in [0.1, 0.15) is 12.2 Å². The van der Waals surface area contributed by atoms with E-state index in [9.17, 15) is 27.0 Å². The Hall–Kier alpha value is -1.82. The van der Waals surface area contributed by atoms with Crippen molar-refractivity contribution in [3.05, 3.63) is 59.7 Å². The molecule has 2 rings (SSSR count). The van der Waals surface area contributed by atoms with Crippen LogP contribution in [0, 0.1) is 0 Å². The quantitative estimate of drug-likeness (QED) is 0.565. The van der Waals surface area contributed by atoms with E-state index in [1.54, 1.807) is 0 Å². The van der Waals surface area contributed by atoms with Gasteiger partial charge in [-0.1, -0.05) is 24.3 Å². The second-order valence-corrected chi connectivity index (χ2v) is 7.83. The van der Waals surface area contributed by atoms with Gasteiger partial charge < -0.3 is 10.2 Å². The highest BCUT2D eigenvalue weighted by atomic mass is 32.2. The van der Waals surface area contributed by atoms with Gasteiger partial charge in [0.25, 0.3) is 20.2 Å². The molecule has 0 amide bonds. The topological polar surface area (TPSA) is 149 Å². The molecular weight excluding hydrogens is 360 g/mol. The number of rotatable bonds is 5. The lowest BCUT2D eigenvalue weighted by Gasteiger charge is -2.19. The van der Waals surface area contributed by atoms with Crippen LogP contribution in [0.15, 0.2) is 58.3 Å². The zero-order valence-corrected chi connectivity index (χ0v) is 13.6. The van der Waals surface area contributed by atoms with E-state index in [-0.39, 0.29) is 11.1 Å². The van der Waals surface area contributed by atoms with Crippen LogP contribution >= 0.6 is 0 Å². The Kier molecular flexibility index (Phi) is 5.08. The molecule has 2 aromatic rings. The SMILES string of the molecule is O=S(=O)(O)c1cccc(C(O)C(O)c2cccc(S(=O)(=O)O)c2)c1. The largest absolute Gasteiger partial charge is 0.385 e. The van der Waals surface area contributed by atoms with Crippen LogP contribution in [0.1, 0.15) is 23.3 Å². The number of hydrogen-bond donors (Lipinski definition) is 4. The molecule has 0 spiro atoms. The molecule has 8 nitrogen and oxygen atoms in total. The van der Waals surface area contributed by atoms with E-state index in [0.717, 1.165) is 24.3 Å². The Bertz CT molecular complexity index is 871. The van der Waals surface area contributed by atoms with E-state index in [1.807, 2.05) is 0 Å². The van der Waals surface area contributed by atoms with Gasteiger partial charge in [0.05, 0.1) is 9.79 Å². The summed E-state index contributed by atoms with van der Waals surface area (Å²) in [6.45, 7) is 0. The molecule has 0 aliphatic rings. The maximum atomic E-state index is 11.1. The molecule has 2 atom stereocenters. The Balaban J connectivity index is 2.39. The Morgan fingerprint density at radius 2 is 1.00 bits per heavy atom. The van der Waals surface area contributed by atoms with Crippen LogP contribution in [-0.4, -0.2) is 36.2 Å². The third-order valence-electron chi connectivity index (χ3n) is 3.29. The molecule has 2 unspecified atom stereocenters. The maximum Gasteiger partial charge on any atom is 0.294 e. The van der Waals surface area contributed by atoms with Crippen LogP contribution in [0.5, 0.6) is 0 Å². The molecule has 0 heterocycles. The smallest absolute Gasteiger partial charge is 0.294 e. The maximum absolute atomic E-state index is 11.1. The third-order valence-corrected chi connectivity index (χ3v) is 4.99. The first kappa shape index (κ1) is 18.5. The van der Waals surface area contributed by atoms with Gasteiger partial charge in [-0.2, -0.15) is 16.8 Å². The molecular formula is C14H14O8S2. The highest BCUT2D eigenvalue weighted by molar-refractivity contribution is 7.86. The van der Waals surface area contributed by atoms with Crippen molar-refractivity contribution in [1.82, 2.24) is 0 Å². The van der Waals surface area contributed by atoms with Crippen molar-refractivity contribution in [2.24, 2.45) is 0 Å². The summed E-state index contributed by atoms with van der Waals surface area (Å²) < 4.78 is 62.5. The summed E-state index contributed by atoms with van der Waals surface area (Å²) in [5.74, 6) is 0. The summed E-state index contributed by atoms with van der Waals surface area (Å²) in [7, 11) is -8.96. The number of benzene rings is 2. The number of aliphatic hydroxyl groups excluding tert-OH is 2. The molecule has 10 heteroatoms. The van der Waals surface area contributed by atoms with Crippen molar-refractivity contribution in [3.63, 3.8) is 0 Å². The van der Waals surface area contributed by atoms with Crippen molar-refractivity contribution < 1.29 is 36.2 Å². The van der Waals surface area contributed by atoms with E-state index in [4.69, 9.17) is 9.11 Å². The molecule has 24 heavy (non-hydrogen) atoms. The third kappa shape index (κ3) is 4.17. The van der Waals surface area contributed by atoms with Crippen LogP contribution in [-0.2, 0) is 20.2 Å². The fourth-order valence-corrected chi connectivity index (χ4v) is 3.15. The van der Waals surface area contributed by atoms with Crippen LogP contribution in [0.2, 0.25) is 0 Å². The van der Waals surface area contributed by atoms with Crippen molar-refractivity contribution in [3.8, 4) is 0 Å². The van der Waals surface area contributed by atoms with Gasteiger partial charge in [-0.05, 0) is 35.4 Å². The van der Waals surface area contributed by atoms with Crippen molar-refractivity contribution in [1.29, 1.82) is 0 Å². The van der Waals surface area contributed by atoms with Crippen LogP contribution < -0.4 is 0 Å². The van der Waals surface area contributed by atoms with Gasteiger partial charge in [-0.25, -0.2) is 0 Å². The average molecular weight is 374 g/mol. The van der Waals surface area contributed by atoms with Gasteiger partial charge >= 0.3 is 0 Å². The lowest BCUT2D eigenvalue weighted by Crippen LogP contribution is -2.12. The molecule has 4 N–H and O–H groups in total. The van der Waals surface area contributed by atoms with Crippen LogP contribution in [0.4, 0.5) is 0 Å². The second kappa shape index (κ2) is 6.59. The predicted octanol–water partition coefficient (Wildman–Crippen LogP) is 0.947. The average Bonchev–Trinajstić information content (AvgIpc) is 2.52. The Morgan fingerprint density at radius 3 is 1.29 bits per heavy atom. The van der Waals surface area contributed by atoms with Crippen molar-refractivity contribution in [2.75, 3.05) is 0 Å². The second-order valence-electron chi connectivity index (χ2n) is 4.98. The Morgan fingerprint density at radius 1 is 0.667 bits per heavy atom. The molecule has 2 aromatic carbocycles. The summed E-state index contributed by atoms with van der Waals surface area (Å²) in [4.78, 5) is -0.920. The molecule has 0 aromatic heterocycles. The van der Waals surface area contributed by atoms with Crippen molar-refractivity contribution in [2.45, 2.75) is 22.0 Å². The van der Waals surface area contributed by atoms with E-state index in [0.29, 0.717) is 0 Å². The lowest BCUT2D eigenvalue weighted by molar-refractivity contribution is 0.0170. The minimum Gasteiger partial charge on any atom is -0.385 e. The van der Waals surface area contributed by atoms with Crippen molar-refractivity contribution >= 4 is 20.2 Å². The first-order chi connectivity index (χ1) is 11.0. The summed E-state index contributed by atoms with van der Waals surface area (Å²) >= 11 is 0. The predicted molar refractivity (Wildman–Crippen MR) is 82.4 cm³/mol. The molecule has 130 valence electrons. The first-order valence-corrected chi connectivity index (χ1v) is 9.39. The summed E-state index contributed by atoms with van der Waals surface area (Å²) in [5.41, 5.74) is -0.00947. The van der Waals surface area contributed by atoms with E-state index >= 15 is 0 Å². The summed E-state index contributed by atoms with van der Waals surface area (Å²) in [5, 5.41) is 20.4. The van der Waals surface area contributed by atoms with Gasteiger partial charge in [-0.15, -0.1) is 0 Å². The summed E-state index contributed by atoms with van der Waals surface area (Å²) in [6.07, 6.45) is -3.19. The molecule has 0 saturated heterocycles. The van der Waals surface area contributed by atoms with E-state index < -0.39 is 42.2 Å². The highest BCUT2D eigenvalue weighted by Crippen LogP contribution is 2.30. The van der Waals surface area contributed by atoms with Gasteiger partial charge in [0.15, 0.2) is 0 Å². The van der Waals surface area contributed by atoms with E-state index in [1.165, 1.54) is 24.3 Å². The first-order valence-electron chi connectivity index (χ1n) is 6.51. The normalized spacial score (nSPS) is 15.0. The highest BCUT2D eigenvalue weighted by Gasteiger charge is 2.23. The van der Waals surface area contributed by atoms with Crippen LogP contribution in [0.25, 0.3) is 0 Å².